The summed E-state index contributed by atoms with van der Waals surface area (Å²) in [7, 11) is 1.53. The summed E-state index contributed by atoms with van der Waals surface area (Å²) in [6, 6.07) is 1.62. The van der Waals surface area contributed by atoms with Crippen molar-refractivity contribution in [3.05, 3.63) is 16.3 Å². The molecule has 0 aliphatic carbocycles. The number of hydrogen-bond donors (Lipinski definition) is 3. The van der Waals surface area contributed by atoms with Gasteiger partial charge in [-0.2, -0.15) is 0 Å². The number of hydrogen-bond acceptors (Lipinski definition) is 5. The summed E-state index contributed by atoms with van der Waals surface area (Å²) in [5.74, 6) is 0.302. The number of amides is 1. The number of thiophene rings is 1. The van der Waals surface area contributed by atoms with Crippen molar-refractivity contribution >= 4 is 23.1 Å². The van der Waals surface area contributed by atoms with E-state index in [0.717, 1.165) is 0 Å². The van der Waals surface area contributed by atoms with Gasteiger partial charge in [-0.15, -0.1) is 11.3 Å². The lowest BCUT2D eigenvalue weighted by Crippen LogP contribution is -2.33. The molecule has 0 spiro atoms. The maximum absolute atomic E-state index is 11.4. The number of oxime groups is 1. The van der Waals surface area contributed by atoms with Crippen LogP contribution < -0.4 is 15.8 Å². The van der Waals surface area contributed by atoms with Gasteiger partial charge in [0.1, 0.15) is 5.75 Å². The summed E-state index contributed by atoms with van der Waals surface area (Å²) >= 11 is 1.26. The Morgan fingerprint density at radius 2 is 2.53 bits per heavy atom. The van der Waals surface area contributed by atoms with Gasteiger partial charge in [0.25, 0.3) is 5.91 Å². The van der Waals surface area contributed by atoms with Crippen molar-refractivity contribution in [2.75, 3.05) is 13.7 Å². The Balaban J connectivity index is 2.54. The molecule has 6 nitrogen and oxygen atoms in total. The van der Waals surface area contributed by atoms with Gasteiger partial charge in [-0.1, -0.05) is 5.16 Å². The average molecular weight is 229 g/mol. The summed E-state index contributed by atoms with van der Waals surface area (Å²) in [5, 5.41) is 15.2. The molecule has 0 radical (unpaired) electrons. The molecule has 15 heavy (non-hydrogen) atoms. The van der Waals surface area contributed by atoms with E-state index < -0.39 is 0 Å². The van der Waals surface area contributed by atoms with E-state index >= 15 is 0 Å². The van der Waals surface area contributed by atoms with Gasteiger partial charge in [-0.25, -0.2) is 0 Å². The number of nitrogens with one attached hydrogen (secondary N) is 1. The summed E-state index contributed by atoms with van der Waals surface area (Å²) in [5.41, 5.74) is 5.19. The van der Waals surface area contributed by atoms with Crippen LogP contribution in [0.15, 0.2) is 16.6 Å². The molecule has 0 saturated heterocycles. The lowest BCUT2D eigenvalue weighted by Gasteiger charge is -2.00. The van der Waals surface area contributed by atoms with E-state index in [1.54, 1.807) is 11.4 Å². The number of carbonyl (C=O) groups is 1. The molecule has 1 rings (SSSR count). The lowest BCUT2D eigenvalue weighted by molar-refractivity contribution is 0.0963. The predicted molar refractivity (Wildman–Crippen MR) is 56.6 cm³/mol. The van der Waals surface area contributed by atoms with Crippen LogP contribution in [0.4, 0.5) is 0 Å². The second-order valence-electron chi connectivity index (χ2n) is 2.62. The van der Waals surface area contributed by atoms with Gasteiger partial charge in [0.15, 0.2) is 5.84 Å². The zero-order chi connectivity index (χ0) is 11.3. The largest absolute Gasteiger partial charge is 0.496 e. The van der Waals surface area contributed by atoms with Crippen LogP contribution in [0.1, 0.15) is 9.67 Å². The van der Waals surface area contributed by atoms with Crippen LogP contribution >= 0.6 is 11.3 Å². The first-order chi connectivity index (χ1) is 7.17. The summed E-state index contributed by atoms with van der Waals surface area (Å²) in [6.45, 7) is 0.00947. The van der Waals surface area contributed by atoms with Crippen LogP contribution in [0.5, 0.6) is 5.75 Å². The van der Waals surface area contributed by atoms with Gasteiger partial charge in [-0.3, -0.25) is 4.79 Å². The number of methoxy groups -OCH3 is 1. The average Bonchev–Trinajstić information content (AvgIpc) is 2.73. The number of amidine groups is 1. The number of carbonyl (C=O) groups excluding carboxylic acids is 1. The van der Waals surface area contributed by atoms with Crippen molar-refractivity contribution < 1.29 is 14.7 Å². The van der Waals surface area contributed by atoms with E-state index in [4.69, 9.17) is 15.7 Å². The third-order valence-corrected chi connectivity index (χ3v) is 2.50. The highest BCUT2D eigenvalue weighted by Crippen LogP contribution is 2.20. The third-order valence-electron chi connectivity index (χ3n) is 1.59. The minimum atomic E-state index is -0.282. The van der Waals surface area contributed by atoms with E-state index in [2.05, 4.69) is 10.5 Å². The standard InChI is InChI=1S/C8H11N3O3S/c1-14-5-2-6(15-4-5)8(12)10-3-7(9)11-13/h2,4,13H,3H2,1H3,(H2,9,11)(H,10,12). The predicted octanol–water partition coefficient (Wildman–Crippen LogP) is 0.233. The van der Waals surface area contributed by atoms with Crippen LogP contribution in [0.25, 0.3) is 0 Å². The van der Waals surface area contributed by atoms with Gasteiger partial charge in [0.2, 0.25) is 0 Å². The Morgan fingerprint density at radius 1 is 1.80 bits per heavy atom. The summed E-state index contributed by atoms with van der Waals surface area (Å²) in [4.78, 5) is 12.0. The quantitative estimate of drug-likeness (QED) is 0.298. The smallest absolute Gasteiger partial charge is 0.261 e. The molecule has 1 heterocycles. The first-order valence-electron chi connectivity index (χ1n) is 4.04. The highest BCUT2D eigenvalue weighted by molar-refractivity contribution is 7.12. The lowest BCUT2D eigenvalue weighted by atomic mass is 10.4. The minimum absolute atomic E-state index is 0.00947. The van der Waals surface area contributed by atoms with Crippen LogP contribution in [0.3, 0.4) is 0 Å². The normalized spacial score (nSPS) is 11.1. The fourth-order valence-corrected chi connectivity index (χ4v) is 1.61. The molecule has 0 atom stereocenters. The van der Waals surface area contributed by atoms with E-state index in [1.807, 2.05) is 0 Å². The Bertz CT molecular complexity index is 375. The molecule has 0 aliphatic rings. The molecule has 1 amide bonds. The molecule has 0 aliphatic heterocycles. The van der Waals surface area contributed by atoms with Gasteiger partial charge >= 0.3 is 0 Å². The first-order valence-corrected chi connectivity index (χ1v) is 4.92. The molecule has 0 fully saturated rings. The summed E-state index contributed by atoms with van der Waals surface area (Å²) in [6.07, 6.45) is 0. The second kappa shape index (κ2) is 5.20. The molecule has 1 aromatic heterocycles. The zero-order valence-electron chi connectivity index (χ0n) is 8.06. The van der Waals surface area contributed by atoms with E-state index in [9.17, 15) is 4.79 Å². The second-order valence-corrected chi connectivity index (χ2v) is 3.54. The molecule has 0 bridgehead atoms. The van der Waals surface area contributed by atoms with Crippen molar-refractivity contribution in [2.24, 2.45) is 10.9 Å². The van der Waals surface area contributed by atoms with Crippen LogP contribution in [-0.4, -0.2) is 30.6 Å². The molecule has 0 unspecified atom stereocenters. The number of ether oxygens (including phenoxy) is 1. The van der Waals surface area contributed by atoms with Gasteiger partial charge in [-0.05, 0) is 0 Å². The SMILES string of the molecule is COc1csc(C(=O)NCC(N)=NO)c1. The summed E-state index contributed by atoms with van der Waals surface area (Å²) < 4.78 is 4.93. The van der Waals surface area contributed by atoms with Gasteiger partial charge in [0, 0.05) is 11.4 Å². The zero-order valence-corrected chi connectivity index (χ0v) is 8.87. The van der Waals surface area contributed by atoms with E-state index in [1.165, 1.54) is 18.4 Å². The van der Waals surface area contributed by atoms with Crippen molar-refractivity contribution in [2.45, 2.75) is 0 Å². The van der Waals surface area contributed by atoms with Gasteiger partial charge in [0.05, 0.1) is 18.5 Å². The monoisotopic (exact) mass is 229 g/mol. The molecule has 4 N–H and O–H groups in total. The number of nitrogens with two attached hydrogens (primary N) is 1. The Labute approximate surface area is 90.3 Å². The van der Waals surface area contributed by atoms with E-state index in [0.29, 0.717) is 10.6 Å². The van der Waals surface area contributed by atoms with Crippen molar-refractivity contribution in [3.63, 3.8) is 0 Å². The first kappa shape index (κ1) is 11.3. The van der Waals surface area contributed by atoms with Crippen LogP contribution in [0.2, 0.25) is 0 Å². The third kappa shape index (κ3) is 3.13. The van der Waals surface area contributed by atoms with Crippen molar-refractivity contribution in [1.82, 2.24) is 5.32 Å². The Kier molecular flexibility index (Phi) is 3.92. The molecule has 1 aromatic rings. The molecule has 7 heteroatoms. The number of rotatable bonds is 4. The molecular weight excluding hydrogens is 218 g/mol. The molecule has 82 valence electrons. The van der Waals surface area contributed by atoms with Crippen molar-refractivity contribution in [1.29, 1.82) is 0 Å². The molecule has 0 aromatic carbocycles. The van der Waals surface area contributed by atoms with E-state index in [-0.39, 0.29) is 18.3 Å². The topological polar surface area (TPSA) is 96.9 Å². The van der Waals surface area contributed by atoms with Crippen LogP contribution in [0, 0.1) is 0 Å². The highest BCUT2D eigenvalue weighted by atomic mass is 32.1. The highest BCUT2D eigenvalue weighted by Gasteiger charge is 2.09. The van der Waals surface area contributed by atoms with Crippen LogP contribution in [-0.2, 0) is 0 Å². The number of nitrogens with zero attached hydrogens (tertiary/aromatic N) is 1. The fourth-order valence-electron chi connectivity index (χ4n) is 0.838. The molecular formula is C8H11N3O3S. The molecule has 0 saturated carbocycles. The maximum Gasteiger partial charge on any atom is 0.261 e. The van der Waals surface area contributed by atoms with Gasteiger partial charge < -0.3 is 21.0 Å². The minimum Gasteiger partial charge on any atom is -0.496 e. The maximum atomic E-state index is 11.4. The Hall–Kier alpha value is -1.76. The van der Waals surface area contributed by atoms with Crippen molar-refractivity contribution in [3.8, 4) is 5.75 Å². The Morgan fingerprint density at radius 3 is 3.07 bits per heavy atom. The fraction of sp³-hybridized carbons (Fsp3) is 0.250.